The molecule has 0 aromatic carbocycles. The van der Waals surface area contributed by atoms with Crippen LogP contribution in [0, 0.1) is 22.0 Å². The van der Waals surface area contributed by atoms with Gasteiger partial charge in [0.15, 0.2) is 0 Å². The van der Waals surface area contributed by atoms with Gasteiger partial charge in [-0.05, 0) is 24.7 Å². The lowest BCUT2D eigenvalue weighted by atomic mass is 9.93. The fraction of sp³-hybridized carbons (Fsp3) is 0.615. The number of pyridine rings is 1. The molecular weight excluding hydrogens is 266 g/mol. The third-order valence-corrected chi connectivity index (χ3v) is 4.31. The molecule has 19 heavy (non-hydrogen) atoms. The van der Waals surface area contributed by atoms with Gasteiger partial charge < -0.3 is 5.32 Å². The van der Waals surface area contributed by atoms with Crippen molar-refractivity contribution in [2.24, 2.45) is 11.8 Å². The summed E-state index contributed by atoms with van der Waals surface area (Å²) in [4.78, 5) is 14.6. The van der Waals surface area contributed by atoms with Crippen LogP contribution in [0.2, 0.25) is 5.02 Å². The van der Waals surface area contributed by atoms with Gasteiger partial charge in [0, 0.05) is 18.3 Å². The van der Waals surface area contributed by atoms with Crippen LogP contribution in [0.25, 0.3) is 0 Å². The van der Waals surface area contributed by atoms with E-state index in [9.17, 15) is 10.1 Å². The summed E-state index contributed by atoms with van der Waals surface area (Å²) in [5.74, 6) is 1.51. The maximum atomic E-state index is 11.0. The van der Waals surface area contributed by atoms with E-state index in [4.69, 9.17) is 11.6 Å². The predicted octanol–water partition coefficient (Wildman–Crippen LogP) is 3.88. The summed E-state index contributed by atoms with van der Waals surface area (Å²) in [6, 6.07) is 1.59. The van der Waals surface area contributed by atoms with E-state index in [1.807, 2.05) is 0 Å². The molecule has 3 atom stereocenters. The number of hydrogen-bond acceptors (Lipinski definition) is 4. The van der Waals surface area contributed by atoms with Crippen LogP contribution in [-0.4, -0.2) is 15.9 Å². The number of nitrogens with one attached hydrogen (secondary N) is 1. The van der Waals surface area contributed by atoms with Crippen molar-refractivity contribution in [1.82, 2.24) is 4.98 Å². The number of hydrogen-bond donors (Lipinski definition) is 1. The minimum absolute atomic E-state index is 0.0559. The number of halogens is 1. The van der Waals surface area contributed by atoms with Gasteiger partial charge >= 0.3 is 5.69 Å². The number of anilines is 1. The monoisotopic (exact) mass is 283 g/mol. The fourth-order valence-corrected chi connectivity index (χ4v) is 3.03. The van der Waals surface area contributed by atoms with Crippen molar-refractivity contribution in [3.8, 4) is 0 Å². The molecule has 0 amide bonds. The van der Waals surface area contributed by atoms with Gasteiger partial charge in [-0.3, -0.25) is 10.1 Å². The summed E-state index contributed by atoms with van der Waals surface area (Å²) >= 11 is 5.76. The van der Waals surface area contributed by atoms with Crippen molar-refractivity contribution >= 4 is 23.1 Å². The fourth-order valence-electron chi connectivity index (χ4n) is 2.88. The van der Waals surface area contributed by atoms with Crippen molar-refractivity contribution in [1.29, 1.82) is 0 Å². The van der Waals surface area contributed by atoms with Gasteiger partial charge in [-0.25, -0.2) is 4.98 Å². The molecule has 6 heteroatoms. The summed E-state index contributed by atoms with van der Waals surface area (Å²) in [5.41, 5.74) is -0.0559. The van der Waals surface area contributed by atoms with Gasteiger partial charge in [-0.1, -0.05) is 31.9 Å². The summed E-state index contributed by atoms with van der Waals surface area (Å²) < 4.78 is 0. The highest BCUT2D eigenvalue weighted by Crippen LogP contribution is 2.37. The molecule has 1 saturated carbocycles. The molecule has 0 saturated heterocycles. The zero-order valence-electron chi connectivity index (χ0n) is 11.1. The second kappa shape index (κ2) is 5.74. The smallest absolute Gasteiger partial charge is 0.312 e. The Balaban J connectivity index is 2.18. The summed E-state index contributed by atoms with van der Waals surface area (Å²) in [6.07, 6.45) is 4.78. The normalized spacial score (nSPS) is 26.4. The van der Waals surface area contributed by atoms with Crippen LogP contribution in [0.15, 0.2) is 12.3 Å². The molecule has 3 unspecified atom stereocenters. The van der Waals surface area contributed by atoms with Crippen LogP contribution in [0.1, 0.15) is 33.1 Å². The number of aromatic nitrogens is 1. The SMILES string of the molecule is CCC1CCC(Nc2ncc(Cl)cc2[N+](=O)[O-])C1C. The minimum Gasteiger partial charge on any atom is -0.361 e. The first-order valence-corrected chi connectivity index (χ1v) is 6.97. The molecule has 2 rings (SSSR count). The second-order valence-electron chi connectivity index (χ2n) is 5.13. The van der Waals surface area contributed by atoms with Crippen LogP contribution in [-0.2, 0) is 0 Å². The molecule has 104 valence electrons. The molecule has 1 heterocycles. The molecule has 5 nitrogen and oxygen atoms in total. The van der Waals surface area contributed by atoms with Gasteiger partial charge in [-0.15, -0.1) is 0 Å². The third-order valence-electron chi connectivity index (χ3n) is 4.10. The molecule has 1 aliphatic carbocycles. The average Bonchev–Trinajstić information content (AvgIpc) is 2.72. The minimum atomic E-state index is -0.446. The lowest BCUT2D eigenvalue weighted by molar-refractivity contribution is -0.384. The zero-order chi connectivity index (χ0) is 14.0. The standard InChI is InChI=1S/C13H18ClN3O2/c1-3-9-4-5-11(8(9)2)16-13-12(17(18)19)6-10(14)7-15-13/h6-9,11H,3-5H2,1-2H3,(H,15,16). The van der Waals surface area contributed by atoms with E-state index in [0.717, 1.165) is 19.3 Å². The molecule has 1 N–H and O–H groups in total. The molecule has 1 fully saturated rings. The van der Waals surface area contributed by atoms with Gasteiger partial charge in [0.2, 0.25) is 5.82 Å². The van der Waals surface area contributed by atoms with Crippen molar-refractivity contribution in [2.75, 3.05) is 5.32 Å². The largest absolute Gasteiger partial charge is 0.361 e. The number of rotatable bonds is 4. The highest BCUT2D eigenvalue weighted by molar-refractivity contribution is 6.30. The maximum Gasteiger partial charge on any atom is 0.312 e. The van der Waals surface area contributed by atoms with Crippen LogP contribution >= 0.6 is 11.6 Å². The van der Waals surface area contributed by atoms with E-state index < -0.39 is 4.92 Å². The Morgan fingerprint density at radius 2 is 2.32 bits per heavy atom. The van der Waals surface area contributed by atoms with Crippen molar-refractivity contribution < 1.29 is 4.92 Å². The predicted molar refractivity (Wildman–Crippen MR) is 75.5 cm³/mol. The number of nitrogens with zero attached hydrogens (tertiary/aromatic N) is 2. The highest BCUT2D eigenvalue weighted by atomic mass is 35.5. The van der Waals surface area contributed by atoms with Crippen molar-refractivity contribution in [2.45, 2.75) is 39.2 Å². The second-order valence-corrected chi connectivity index (χ2v) is 5.57. The van der Waals surface area contributed by atoms with E-state index >= 15 is 0 Å². The quantitative estimate of drug-likeness (QED) is 0.672. The molecule has 0 radical (unpaired) electrons. The summed E-state index contributed by atoms with van der Waals surface area (Å²) in [5, 5.41) is 14.5. The van der Waals surface area contributed by atoms with Gasteiger partial charge in [0.1, 0.15) is 0 Å². The molecular formula is C13H18ClN3O2. The van der Waals surface area contributed by atoms with E-state index in [0.29, 0.717) is 17.7 Å². The van der Waals surface area contributed by atoms with Crippen LogP contribution < -0.4 is 5.32 Å². The maximum absolute atomic E-state index is 11.0. The van der Waals surface area contributed by atoms with Gasteiger partial charge in [0.05, 0.1) is 9.95 Å². The average molecular weight is 284 g/mol. The highest BCUT2D eigenvalue weighted by Gasteiger charge is 2.33. The lowest BCUT2D eigenvalue weighted by Crippen LogP contribution is -2.25. The van der Waals surface area contributed by atoms with E-state index in [1.54, 1.807) is 0 Å². The molecule has 1 aromatic rings. The lowest BCUT2D eigenvalue weighted by Gasteiger charge is -2.21. The first-order valence-electron chi connectivity index (χ1n) is 6.59. The zero-order valence-corrected chi connectivity index (χ0v) is 11.9. The first kappa shape index (κ1) is 14.1. The Morgan fingerprint density at radius 1 is 1.58 bits per heavy atom. The van der Waals surface area contributed by atoms with Gasteiger partial charge in [0.25, 0.3) is 0 Å². The van der Waals surface area contributed by atoms with Crippen LogP contribution in [0.5, 0.6) is 0 Å². The van der Waals surface area contributed by atoms with Crippen LogP contribution in [0.3, 0.4) is 0 Å². The van der Waals surface area contributed by atoms with Gasteiger partial charge in [-0.2, -0.15) is 0 Å². The Labute approximate surface area is 117 Å². The Kier molecular flexibility index (Phi) is 4.24. The summed E-state index contributed by atoms with van der Waals surface area (Å²) in [7, 11) is 0. The molecule has 0 aliphatic heterocycles. The summed E-state index contributed by atoms with van der Waals surface area (Å²) in [6.45, 7) is 4.38. The van der Waals surface area contributed by atoms with Crippen molar-refractivity contribution in [3.05, 3.63) is 27.4 Å². The molecule has 1 aromatic heterocycles. The van der Waals surface area contributed by atoms with E-state index in [1.165, 1.54) is 12.3 Å². The molecule has 0 bridgehead atoms. The van der Waals surface area contributed by atoms with E-state index in [-0.39, 0.29) is 16.8 Å². The van der Waals surface area contributed by atoms with Crippen molar-refractivity contribution in [3.63, 3.8) is 0 Å². The molecule has 1 aliphatic rings. The topological polar surface area (TPSA) is 68.1 Å². The first-order chi connectivity index (χ1) is 9.02. The number of nitro groups is 1. The Morgan fingerprint density at radius 3 is 2.89 bits per heavy atom. The molecule has 0 spiro atoms. The van der Waals surface area contributed by atoms with E-state index in [2.05, 4.69) is 24.1 Å². The van der Waals surface area contributed by atoms with Crippen LogP contribution in [0.4, 0.5) is 11.5 Å². The Bertz CT molecular complexity index is 481. The Hall–Kier alpha value is -1.36. The third kappa shape index (κ3) is 2.97.